The minimum atomic E-state index is -0.280. The molecule has 3 rings (SSSR count). The average molecular weight is 378 g/mol. The van der Waals surface area contributed by atoms with E-state index in [0.29, 0.717) is 12.5 Å². The molecule has 4 unspecified atom stereocenters. The number of unbranched alkanes of at least 4 members (excludes halogenated alkanes) is 1. The summed E-state index contributed by atoms with van der Waals surface area (Å²) in [6, 6.07) is 20.7. The maximum atomic E-state index is 13.3. The molecule has 0 aromatic heterocycles. The smallest absolute Gasteiger partial charge is 0.233 e. The zero-order valence-corrected chi connectivity index (χ0v) is 17.2. The van der Waals surface area contributed by atoms with Crippen molar-refractivity contribution in [2.24, 2.45) is 11.8 Å². The first kappa shape index (κ1) is 20.3. The van der Waals surface area contributed by atoms with Crippen LogP contribution in [-0.4, -0.2) is 23.3 Å². The first-order valence-corrected chi connectivity index (χ1v) is 10.5. The SMILES string of the molecule is CCCCN1C(=O)C(C)C(C(CC(C)c2ccccc2)c2ccccc2)C1=O. The number of carbonyl (C=O) groups is 2. The molecule has 28 heavy (non-hydrogen) atoms. The second-order valence-electron chi connectivity index (χ2n) is 8.06. The number of carbonyl (C=O) groups excluding carboxylic acids is 2. The number of hydrogen-bond acceptors (Lipinski definition) is 2. The predicted octanol–water partition coefficient (Wildman–Crippen LogP) is 5.39. The first-order chi connectivity index (χ1) is 13.5. The van der Waals surface area contributed by atoms with Gasteiger partial charge in [-0.25, -0.2) is 0 Å². The second-order valence-corrected chi connectivity index (χ2v) is 8.06. The Hall–Kier alpha value is -2.42. The molecule has 2 aromatic carbocycles. The van der Waals surface area contributed by atoms with E-state index in [4.69, 9.17) is 0 Å². The molecule has 1 aliphatic heterocycles. The number of nitrogens with zero attached hydrogens (tertiary/aromatic N) is 1. The number of benzene rings is 2. The van der Waals surface area contributed by atoms with Gasteiger partial charge in [-0.15, -0.1) is 0 Å². The summed E-state index contributed by atoms with van der Waals surface area (Å²) in [5, 5.41) is 0. The third kappa shape index (κ3) is 4.19. The standard InChI is InChI=1S/C25H31NO2/c1-4-5-16-26-24(27)19(3)23(25(26)28)22(21-14-10-7-11-15-21)17-18(2)20-12-8-6-9-13-20/h6-15,18-19,22-23H,4-5,16-17H2,1-3H3. The normalized spacial score (nSPS) is 21.8. The van der Waals surface area contributed by atoms with E-state index in [2.05, 4.69) is 50.2 Å². The highest BCUT2D eigenvalue weighted by Gasteiger charge is 2.48. The van der Waals surface area contributed by atoms with Gasteiger partial charge in [0.25, 0.3) is 0 Å². The molecule has 1 saturated heterocycles. The molecule has 3 nitrogen and oxygen atoms in total. The van der Waals surface area contributed by atoms with Gasteiger partial charge in [-0.3, -0.25) is 14.5 Å². The van der Waals surface area contributed by atoms with Crippen LogP contribution >= 0.6 is 0 Å². The number of likely N-dealkylation sites (tertiary alicyclic amines) is 1. The molecule has 0 saturated carbocycles. The molecule has 1 heterocycles. The largest absolute Gasteiger partial charge is 0.282 e. The molecule has 1 fully saturated rings. The minimum Gasteiger partial charge on any atom is -0.282 e. The Bertz CT molecular complexity index is 787. The lowest BCUT2D eigenvalue weighted by Gasteiger charge is -2.28. The molecule has 3 heteroatoms. The average Bonchev–Trinajstić information content (AvgIpc) is 2.94. The number of rotatable bonds is 8. The van der Waals surface area contributed by atoms with Crippen LogP contribution in [-0.2, 0) is 9.59 Å². The van der Waals surface area contributed by atoms with Crippen molar-refractivity contribution in [3.8, 4) is 0 Å². The van der Waals surface area contributed by atoms with E-state index in [-0.39, 0.29) is 29.6 Å². The highest BCUT2D eigenvalue weighted by Crippen LogP contribution is 2.42. The Balaban J connectivity index is 1.91. The van der Waals surface area contributed by atoms with Crippen molar-refractivity contribution >= 4 is 11.8 Å². The molecule has 2 amide bonds. The Morgan fingerprint density at radius 1 is 0.893 bits per heavy atom. The molecule has 148 valence electrons. The molecular formula is C25H31NO2. The summed E-state index contributed by atoms with van der Waals surface area (Å²) in [7, 11) is 0. The maximum Gasteiger partial charge on any atom is 0.233 e. The number of imide groups is 1. The van der Waals surface area contributed by atoms with Crippen molar-refractivity contribution in [3.05, 3.63) is 71.8 Å². The molecule has 1 aliphatic rings. The van der Waals surface area contributed by atoms with Gasteiger partial charge < -0.3 is 0 Å². The van der Waals surface area contributed by atoms with E-state index in [9.17, 15) is 9.59 Å². The van der Waals surface area contributed by atoms with Gasteiger partial charge in [0.1, 0.15) is 0 Å². The van der Waals surface area contributed by atoms with E-state index < -0.39 is 0 Å². The maximum absolute atomic E-state index is 13.3. The Kier molecular flexibility index (Phi) is 6.66. The summed E-state index contributed by atoms with van der Waals surface area (Å²) in [5.41, 5.74) is 2.43. The zero-order valence-electron chi connectivity index (χ0n) is 17.2. The van der Waals surface area contributed by atoms with E-state index >= 15 is 0 Å². The molecule has 0 N–H and O–H groups in total. The zero-order chi connectivity index (χ0) is 20.1. The van der Waals surface area contributed by atoms with Crippen molar-refractivity contribution < 1.29 is 9.59 Å². The molecule has 0 aliphatic carbocycles. The summed E-state index contributed by atoms with van der Waals surface area (Å²) in [5.74, 6) is -0.187. The van der Waals surface area contributed by atoms with E-state index in [1.165, 1.54) is 10.5 Å². The lowest BCUT2D eigenvalue weighted by molar-refractivity contribution is -0.140. The van der Waals surface area contributed by atoms with E-state index in [0.717, 1.165) is 24.8 Å². The van der Waals surface area contributed by atoms with Gasteiger partial charge in [0, 0.05) is 12.5 Å². The summed E-state index contributed by atoms with van der Waals surface area (Å²) < 4.78 is 0. The van der Waals surface area contributed by atoms with Crippen LogP contribution in [0.15, 0.2) is 60.7 Å². The first-order valence-electron chi connectivity index (χ1n) is 10.5. The third-order valence-electron chi connectivity index (χ3n) is 6.12. The van der Waals surface area contributed by atoms with Crippen molar-refractivity contribution in [1.82, 2.24) is 4.90 Å². The molecule has 0 radical (unpaired) electrons. The van der Waals surface area contributed by atoms with Gasteiger partial charge in [0.15, 0.2) is 0 Å². The topological polar surface area (TPSA) is 37.4 Å². The molecule has 4 atom stereocenters. The van der Waals surface area contributed by atoms with Gasteiger partial charge in [-0.05, 0) is 35.8 Å². The van der Waals surface area contributed by atoms with Crippen LogP contribution in [0, 0.1) is 11.8 Å². The van der Waals surface area contributed by atoms with Gasteiger partial charge in [-0.2, -0.15) is 0 Å². The monoisotopic (exact) mass is 377 g/mol. The third-order valence-corrected chi connectivity index (χ3v) is 6.12. The summed E-state index contributed by atoms with van der Waals surface area (Å²) in [4.78, 5) is 27.6. The Morgan fingerprint density at radius 2 is 1.46 bits per heavy atom. The van der Waals surface area contributed by atoms with Gasteiger partial charge in [0.2, 0.25) is 11.8 Å². The van der Waals surface area contributed by atoms with Crippen molar-refractivity contribution in [1.29, 1.82) is 0 Å². The molecule has 0 bridgehead atoms. The van der Waals surface area contributed by atoms with E-state index in [1.54, 1.807) is 0 Å². The Labute approximate surface area is 168 Å². The fourth-order valence-corrected chi connectivity index (χ4v) is 4.45. The summed E-state index contributed by atoms with van der Waals surface area (Å²) in [6.07, 6.45) is 2.69. The second kappa shape index (κ2) is 9.18. The highest BCUT2D eigenvalue weighted by molar-refractivity contribution is 6.05. The number of hydrogen-bond donors (Lipinski definition) is 0. The van der Waals surface area contributed by atoms with Crippen molar-refractivity contribution in [2.45, 2.75) is 51.9 Å². The van der Waals surface area contributed by atoms with Gasteiger partial charge in [0.05, 0.1) is 5.92 Å². The van der Waals surface area contributed by atoms with Crippen LogP contribution in [0.5, 0.6) is 0 Å². The van der Waals surface area contributed by atoms with E-state index in [1.807, 2.05) is 31.2 Å². The summed E-state index contributed by atoms with van der Waals surface area (Å²) in [6.45, 7) is 6.77. The molecule has 0 spiro atoms. The van der Waals surface area contributed by atoms with Crippen molar-refractivity contribution in [3.63, 3.8) is 0 Å². The fraction of sp³-hybridized carbons (Fsp3) is 0.440. The predicted molar refractivity (Wildman–Crippen MR) is 113 cm³/mol. The Morgan fingerprint density at radius 3 is 2.04 bits per heavy atom. The van der Waals surface area contributed by atoms with Crippen LogP contribution in [0.4, 0.5) is 0 Å². The highest BCUT2D eigenvalue weighted by atomic mass is 16.2. The quantitative estimate of drug-likeness (QED) is 0.579. The van der Waals surface area contributed by atoms with Gasteiger partial charge >= 0.3 is 0 Å². The van der Waals surface area contributed by atoms with Gasteiger partial charge in [-0.1, -0.05) is 87.9 Å². The van der Waals surface area contributed by atoms with Crippen LogP contribution in [0.1, 0.15) is 63.0 Å². The molecular weight excluding hydrogens is 346 g/mol. The van der Waals surface area contributed by atoms with Crippen LogP contribution in [0.2, 0.25) is 0 Å². The lowest BCUT2D eigenvalue weighted by atomic mass is 9.74. The van der Waals surface area contributed by atoms with Crippen LogP contribution in [0.25, 0.3) is 0 Å². The van der Waals surface area contributed by atoms with Crippen LogP contribution < -0.4 is 0 Å². The lowest BCUT2D eigenvalue weighted by Crippen LogP contribution is -2.33. The fourth-order valence-electron chi connectivity index (χ4n) is 4.45. The number of amides is 2. The van der Waals surface area contributed by atoms with Crippen molar-refractivity contribution in [2.75, 3.05) is 6.54 Å². The van der Waals surface area contributed by atoms with Crippen LogP contribution in [0.3, 0.4) is 0 Å². The minimum absolute atomic E-state index is 0.00301. The summed E-state index contributed by atoms with van der Waals surface area (Å²) >= 11 is 0. The molecule has 2 aromatic rings.